The average Bonchev–Trinajstić information content (AvgIpc) is 2.27. The van der Waals surface area contributed by atoms with Crippen LogP contribution in [0.2, 0.25) is 0 Å². The first kappa shape index (κ1) is 7.12. The molecular weight excluding hydrogens is 162 g/mol. The first-order chi connectivity index (χ1) is 5.25. The summed E-state index contributed by atoms with van der Waals surface area (Å²) in [6.45, 7) is 2.45. The van der Waals surface area contributed by atoms with Crippen LogP contribution in [0.3, 0.4) is 0 Å². The number of fused-ring (bicyclic) bond motifs is 1. The lowest BCUT2D eigenvalue weighted by molar-refractivity contribution is 0.164. The Balaban J connectivity index is 2.34. The third-order valence-electron chi connectivity index (χ3n) is 1.53. The maximum Gasteiger partial charge on any atom is 0.186 e. The Morgan fingerprint density at radius 3 is 3.36 bits per heavy atom. The molecule has 0 aliphatic carbocycles. The summed E-state index contributed by atoms with van der Waals surface area (Å²) in [6.07, 6.45) is -0.270. The summed E-state index contributed by atoms with van der Waals surface area (Å²) in [6, 6.07) is 0. The Morgan fingerprint density at radius 2 is 2.55 bits per heavy atom. The summed E-state index contributed by atoms with van der Waals surface area (Å²) in [5.41, 5.74) is 0. The van der Waals surface area contributed by atoms with Crippen LogP contribution in [0.5, 0.6) is 0 Å². The van der Waals surface area contributed by atoms with Crippen LogP contribution in [0.25, 0.3) is 0 Å². The molecule has 0 aromatic carbocycles. The fourth-order valence-electron chi connectivity index (χ4n) is 1.08. The molecule has 0 fully saturated rings. The lowest BCUT2D eigenvalue weighted by Crippen LogP contribution is -2.24. The van der Waals surface area contributed by atoms with Gasteiger partial charge in [-0.1, -0.05) is 11.8 Å². The summed E-state index contributed by atoms with van der Waals surface area (Å²) in [7, 11) is 0. The van der Waals surface area contributed by atoms with E-state index in [1.54, 1.807) is 16.4 Å². The van der Waals surface area contributed by atoms with Gasteiger partial charge in [-0.3, -0.25) is 0 Å². The van der Waals surface area contributed by atoms with Crippen LogP contribution in [-0.2, 0) is 6.54 Å². The highest BCUT2D eigenvalue weighted by atomic mass is 32.2. The summed E-state index contributed by atoms with van der Waals surface area (Å²) in [5, 5.41) is 14.3. The SMILES string of the molecule is Cc1nc2n(n1)C[C@@H](O)CS2. The average molecular weight is 171 g/mol. The van der Waals surface area contributed by atoms with E-state index in [0.717, 1.165) is 16.7 Å². The van der Waals surface area contributed by atoms with Crippen molar-refractivity contribution >= 4 is 11.8 Å². The van der Waals surface area contributed by atoms with Gasteiger partial charge < -0.3 is 5.11 Å². The zero-order valence-corrected chi connectivity index (χ0v) is 7.01. The monoisotopic (exact) mass is 171 g/mol. The van der Waals surface area contributed by atoms with E-state index in [4.69, 9.17) is 0 Å². The molecule has 2 heterocycles. The highest BCUT2D eigenvalue weighted by molar-refractivity contribution is 7.99. The minimum absolute atomic E-state index is 0.270. The molecule has 1 aromatic rings. The predicted molar refractivity (Wildman–Crippen MR) is 41.5 cm³/mol. The Bertz CT molecular complexity index is 273. The van der Waals surface area contributed by atoms with E-state index in [1.165, 1.54) is 0 Å². The van der Waals surface area contributed by atoms with Crippen molar-refractivity contribution in [3.8, 4) is 0 Å². The molecule has 1 aromatic heterocycles. The molecule has 0 bridgehead atoms. The second-order valence-electron chi connectivity index (χ2n) is 2.59. The molecule has 5 heteroatoms. The zero-order chi connectivity index (χ0) is 7.84. The number of nitrogens with zero attached hydrogens (tertiary/aromatic N) is 3. The Morgan fingerprint density at radius 1 is 1.73 bits per heavy atom. The molecule has 0 saturated heterocycles. The number of thioether (sulfide) groups is 1. The van der Waals surface area contributed by atoms with Crippen molar-refractivity contribution in [2.45, 2.75) is 24.7 Å². The Kier molecular flexibility index (Phi) is 1.61. The zero-order valence-electron chi connectivity index (χ0n) is 6.19. The normalized spacial score (nSPS) is 23.3. The van der Waals surface area contributed by atoms with Gasteiger partial charge >= 0.3 is 0 Å². The number of aliphatic hydroxyl groups is 1. The summed E-state index contributed by atoms with van der Waals surface area (Å²) >= 11 is 1.56. The van der Waals surface area contributed by atoms with Crippen molar-refractivity contribution in [2.24, 2.45) is 0 Å². The molecule has 60 valence electrons. The van der Waals surface area contributed by atoms with Crippen LogP contribution < -0.4 is 0 Å². The molecule has 0 radical (unpaired) electrons. The molecule has 1 atom stereocenters. The second kappa shape index (κ2) is 2.49. The molecule has 1 aliphatic rings. The number of hydrogen-bond donors (Lipinski definition) is 1. The molecule has 0 unspecified atom stereocenters. The van der Waals surface area contributed by atoms with Gasteiger partial charge in [0.15, 0.2) is 5.16 Å². The first-order valence-corrected chi connectivity index (χ1v) is 4.46. The number of aromatic nitrogens is 3. The maximum absolute atomic E-state index is 9.26. The van der Waals surface area contributed by atoms with Crippen molar-refractivity contribution in [1.82, 2.24) is 14.8 Å². The van der Waals surface area contributed by atoms with Gasteiger partial charge in [-0.05, 0) is 6.92 Å². The minimum atomic E-state index is -0.270. The van der Waals surface area contributed by atoms with E-state index < -0.39 is 0 Å². The molecule has 0 spiro atoms. The molecule has 1 N–H and O–H groups in total. The van der Waals surface area contributed by atoms with Crippen molar-refractivity contribution in [3.63, 3.8) is 0 Å². The number of aliphatic hydroxyl groups excluding tert-OH is 1. The van der Waals surface area contributed by atoms with Crippen molar-refractivity contribution in [3.05, 3.63) is 5.82 Å². The smallest absolute Gasteiger partial charge is 0.186 e. The summed E-state index contributed by atoms with van der Waals surface area (Å²) in [5.74, 6) is 1.51. The maximum atomic E-state index is 9.26. The van der Waals surface area contributed by atoms with Crippen LogP contribution in [0.4, 0.5) is 0 Å². The second-order valence-corrected chi connectivity index (χ2v) is 3.58. The third kappa shape index (κ3) is 1.25. The topological polar surface area (TPSA) is 50.9 Å². The molecule has 11 heavy (non-hydrogen) atoms. The minimum Gasteiger partial charge on any atom is -0.390 e. The van der Waals surface area contributed by atoms with E-state index in [9.17, 15) is 5.11 Å². The predicted octanol–water partition coefficient (Wildman–Crippen LogP) is 0.0531. The Labute approximate surface area is 68.6 Å². The van der Waals surface area contributed by atoms with Gasteiger partial charge in [-0.15, -0.1) is 0 Å². The van der Waals surface area contributed by atoms with Gasteiger partial charge in [-0.25, -0.2) is 9.67 Å². The lowest BCUT2D eigenvalue weighted by Gasteiger charge is -2.16. The van der Waals surface area contributed by atoms with Gasteiger partial charge in [0.1, 0.15) is 5.82 Å². The lowest BCUT2D eigenvalue weighted by atomic mass is 10.4. The molecular formula is C6H9N3OS. The number of hydrogen-bond acceptors (Lipinski definition) is 4. The number of aryl methyl sites for hydroxylation is 1. The van der Waals surface area contributed by atoms with Crippen LogP contribution in [-0.4, -0.2) is 31.7 Å². The van der Waals surface area contributed by atoms with Crippen molar-refractivity contribution in [2.75, 3.05) is 5.75 Å². The molecule has 0 saturated carbocycles. The molecule has 4 nitrogen and oxygen atoms in total. The van der Waals surface area contributed by atoms with Crippen molar-refractivity contribution < 1.29 is 5.11 Å². The van der Waals surface area contributed by atoms with Gasteiger partial charge in [-0.2, -0.15) is 5.10 Å². The van der Waals surface area contributed by atoms with E-state index in [2.05, 4.69) is 10.1 Å². The van der Waals surface area contributed by atoms with Gasteiger partial charge in [0.2, 0.25) is 0 Å². The Hall–Kier alpha value is -0.550. The standard InChI is InChI=1S/C6H9N3OS/c1-4-7-6-9(8-4)2-5(10)3-11-6/h5,10H,2-3H2,1H3/t5-/m1/s1. The molecule has 1 aliphatic heterocycles. The van der Waals surface area contributed by atoms with Gasteiger partial charge in [0, 0.05) is 5.75 Å². The highest BCUT2D eigenvalue weighted by Gasteiger charge is 2.18. The highest BCUT2D eigenvalue weighted by Crippen LogP contribution is 2.21. The first-order valence-electron chi connectivity index (χ1n) is 3.48. The fourth-order valence-corrected chi connectivity index (χ4v) is 1.99. The van der Waals surface area contributed by atoms with Crippen LogP contribution >= 0.6 is 11.8 Å². The van der Waals surface area contributed by atoms with E-state index in [0.29, 0.717) is 6.54 Å². The van der Waals surface area contributed by atoms with E-state index >= 15 is 0 Å². The van der Waals surface area contributed by atoms with Crippen LogP contribution in [0.1, 0.15) is 5.82 Å². The van der Waals surface area contributed by atoms with E-state index in [-0.39, 0.29) is 6.10 Å². The van der Waals surface area contributed by atoms with Crippen molar-refractivity contribution in [1.29, 1.82) is 0 Å². The molecule has 0 amide bonds. The number of rotatable bonds is 0. The molecule has 2 rings (SSSR count). The summed E-state index contributed by atoms with van der Waals surface area (Å²) < 4.78 is 1.76. The summed E-state index contributed by atoms with van der Waals surface area (Å²) in [4.78, 5) is 4.19. The van der Waals surface area contributed by atoms with Gasteiger partial charge in [0.05, 0.1) is 12.6 Å². The largest absolute Gasteiger partial charge is 0.390 e. The fraction of sp³-hybridized carbons (Fsp3) is 0.667. The van der Waals surface area contributed by atoms with E-state index in [1.807, 2.05) is 6.92 Å². The van der Waals surface area contributed by atoms with Gasteiger partial charge in [0.25, 0.3) is 0 Å². The van der Waals surface area contributed by atoms with Crippen LogP contribution in [0, 0.1) is 6.92 Å². The van der Waals surface area contributed by atoms with Crippen LogP contribution in [0.15, 0.2) is 5.16 Å². The quantitative estimate of drug-likeness (QED) is 0.599. The third-order valence-corrected chi connectivity index (χ3v) is 2.64.